The molecule has 2 atom stereocenters. The van der Waals surface area contributed by atoms with E-state index < -0.39 is 0 Å². The van der Waals surface area contributed by atoms with Gasteiger partial charge in [0.05, 0.1) is 6.54 Å². The number of rotatable bonds is 4. The van der Waals surface area contributed by atoms with E-state index in [1.54, 1.807) is 6.07 Å². The molecule has 2 fully saturated rings. The Labute approximate surface area is 129 Å². The number of imide groups is 1. The lowest BCUT2D eigenvalue weighted by molar-refractivity contribution is -0.125. The van der Waals surface area contributed by atoms with Crippen LogP contribution in [0.4, 0.5) is 9.18 Å². The summed E-state index contributed by atoms with van der Waals surface area (Å²) >= 11 is 0. The van der Waals surface area contributed by atoms with E-state index in [4.69, 9.17) is 0 Å². The molecule has 1 aromatic rings. The summed E-state index contributed by atoms with van der Waals surface area (Å²) in [4.78, 5) is 26.6. The number of halogens is 1. The van der Waals surface area contributed by atoms with Crippen molar-refractivity contribution in [2.75, 3.05) is 26.2 Å². The van der Waals surface area contributed by atoms with Crippen LogP contribution >= 0.6 is 0 Å². The molecular weight excluding hydrogens is 285 g/mol. The highest BCUT2D eigenvalue weighted by atomic mass is 19.1. The highest BCUT2D eigenvalue weighted by Gasteiger charge is 2.34. The van der Waals surface area contributed by atoms with Crippen LogP contribution in [0.15, 0.2) is 24.3 Å². The van der Waals surface area contributed by atoms with Crippen molar-refractivity contribution in [3.63, 3.8) is 0 Å². The summed E-state index contributed by atoms with van der Waals surface area (Å²) in [5, 5.41) is 2.51. The highest BCUT2D eigenvalue weighted by Crippen LogP contribution is 2.36. The minimum atomic E-state index is -0.334. The van der Waals surface area contributed by atoms with E-state index >= 15 is 0 Å². The van der Waals surface area contributed by atoms with Crippen molar-refractivity contribution >= 4 is 11.9 Å². The third-order valence-corrected chi connectivity index (χ3v) is 4.42. The van der Waals surface area contributed by atoms with Gasteiger partial charge >= 0.3 is 6.03 Å². The minimum absolute atomic E-state index is 0.0111. The standard InChI is InChI=1S/C16H20FN3O2/c1-11-8-14(12-4-2-3-5-13(12)17)19(10-11)6-7-20-15(21)9-18-16(20)22/h2-5,11,14H,6-10H2,1H3,(H,18,22)/t11-,14-/m1/s1. The number of nitrogens with one attached hydrogen (secondary N) is 1. The monoisotopic (exact) mass is 305 g/mol. The Morgan fingerprint density at radius 1 is 1.27 bits per heavy atom. The number of nitrogens with zero attached hydrogens (tertiary/aromatic N) is 2. The predicted molar refractivity (Wildman–Crippen MR) is 79.6 cm³/mol. The van der Waals surface area contributed by atoms with Crippen LogP contribution in [-0.4, -0.2) is 47.9 Å². The summed E-state index contributed by atoms with van der Waals surface area (Å²) in [6.07, 6.45) is 0.890. The maximum Gasteiger partial charge on any atom is 0.324 e. The molecule has 2 aliphatic rings. The van der Waals surface area contributed by atoms with Crippen LogP contribution in [0.2, 0.25) is 0 Å². The SMILES string of the molecule is C[C@@H]1C[C@H](c2ccccc2F)N(CCN2C(=O)CNC2=O)C1. The normalized spacial score (nSPS) is 25.8. The summed E-state index contributed by atoms with van der Waals surface area (Å²) in [5.41, 5.74) is 0.698. The molecule has 5 nitrogen and oxygen atoms in total. The predicted octanol–water partition coefficient (Wildman–Crippen LogP) is 1.76. The Kier molecular flexibility index (Phi) is 4.11. The van der Waals surface area contributed by atoms with Crippen LogP contribution in [0.3, 0.4) is 0 Å². The fourth-order valence-electron chi connectivity index (χ4n) is 3.36. The van der Waals surface area contributed by atoms with Crippen LogP contribution in [0, 0.1) is 11.7 Å². The quantitative estimate of drug-likeness (QED) is 0.863. The molecule has 3 rings (SSSR count). The third kappa shape index (κ3) is 2.83. The number of hydrogen-bond donors (Lipinski definition) is 1. The van der Waals surface area contributed by atoms with Gasteiger partial charge < -0.3 is 5.32 Å². The minimum Gasteiger partial charge on any atom is -0.329 e. The molecule has 3 amide bonds. The van der Waals surface area contributed by atoms with Crippen LogP contribution in [0.5, 0.6) is 0 Å². The van der Waals surface area contributed by atoms with Gasteiger partial charge in [-0.15, -0.1) is 0 Å². The lowest BCUT2D eigenvalue weighted by atomic mass is 10.0. The number of hydrogen-bond acceptors (Lipinski definition) is 3. The summed E-state index contributed by atoms with van der Waals surface area (Å²) in [5.74, 6) is 0.0778. The van der Waals surface area contributed by atoms with Crippen molar-refractivity contribution in [2.24, 2.45) is 5.92 Å². The van der Waals surface area contributed by atoms with Gasteiger partial charge in [0.25, 0.3) is 0 Å². The van der Waals surface area contributed by atoms with Gasteiger partial charge in [-0.2, -0.15) is 0 Å². The summed E-state index contributed by atoms with van der Waals surface area (Å²) < 4.78 is 14.1. The number of carbonyl (C=O) groups excluding carboxylic acids is 2. The molecule has 2 aliphatic heterocycles. The molecule has 0 spiro atoms. The van der Waals surface area contributed by atoms with E-state index in [-0.39, 0.29) is 30.3 Å². The fourth-order valence-corrected chi connectivity index (χ4v) is 3.36. The molecule has 0 aromatic heterocycles. The van der Waals surface area contributed by atoms with Crippen molar-refractivity contribution in [3.8, 4) is 0 Å². The number of carbonyl (C=O) groups is 2. The Balaban J connectivity index is 1.70. The summed E-state index contributed by atoms with van der Waals surface area (Å²) in [6, 6.07) is 6.51. The molecule has 6 heteroatoms. The molecule has 1 aromatic carbocycles. The highest BCUT2D eigenvalue weighted by molar-refractivity contribution is 6.01. The van der Waals surface area contributed by atoms with Crippen molar-refractivity contribution in [2.45, 2.75) is 19.4 Å². The molecule has 118 valence electrons. The van der Waals surface area contributed by atoms with Crippen molar-refractivity contribution in [3.05, 3.63) is 35.6 Å². The van der Waals surface area contributed by atoms with Crippen molar-refractivity contribution in [1.29, 1.82) is 0 Å². The molecule has 2 saturated heterocycles. The number of likely N-dealkylation sites (tertiary alicyclic amines) is 1. The largest absolute Gasteiger partial charge is 0.329 e. The van der Waals surface area contributed by atoms with E-state index in [1.165, 1.54) is 11.0 Å². The maximum absolute atomic E-state index is 14.1. The first-order valence-electron chi connectivity index (χ1n) is 7.63. The summed E-state index contributed by atoms with van der Waals surface area (Å²) in [6.45, 7) is 3.99. The Hall–Kier alpha value is -1.95. The zero-order valence-corrected chi connectivity index (χ0v) is 12.6. The second-order valence-electron chi connectivity index (χ2n) is 6.08. The van der Waals surface area contributed by atoms with Crippen LogP contribution < -0.4 is 5.32 Å². The second kappa shape index (κ2) is 6.04. The second-order valence-corrected chi connectivity index (χ2v) is 6.08. The number of benzene rings is 1. The fraction of sp³-hybridized carbons (Fsp3) is 0.500. The first-order chi connectivity index (χ1) is 10.6. The molecule has 0 bridgehead atoms. The van der Waals surface area contributed by atoms with Gasteiger partial charge in [-0.3, -0.25) is 14.6 Å². The third-order valence-electron chi connectivity index (χ3n) is 4.42. The molecule has 2 heterocycles. The molecule has 22 heavy (non-hydrogen) atoms. The molecular formula is C16H20FN3O2. The van der Waals surface area contributed by atoms with Gasteiger partial charge in [-0.25, -0.2) is 9.18 Å². The van der Waals surface area contributed by atoms with Crippen LogP contribution in [0.1, 0.15) is 24.9 Å². The van der Waals surface area contributed by atoms with E-state index in [0.717, 1.165) is 13.0 Å². The lowest BCUT2D eigenvalue weighted by Gasteiger charge is -2.26. The Morgan fingerprint density at radius 2 is 2.05 bits per heavy atom. The summed E-state index contributed by atoms with van der Waals surface area (Å²) in [7, 11) is 0. The van der Waals surface area contributed by atoms with Gasteiger partial charge in [0.1, 0.15) is 5.82 Å². The van der Waals surface area contributed by atoms with E-state index in [1.807, 2.05) is 12.1 Å². The van der Waals surface area contributed by atoms with Crippen LogP contribution in [-0.2, 0) is 4.79 Å². The zero-order valence-electron chi connectivity index (χ0n) is 12.6. The smallest absolute Gasteiger partial charge is 0.324 e. The van der Waals surface area contributed by atoms with Crippen LogP contribution in [0.25, 0.3) is 0 Å². The lowest BCUT2D eigenvalue weighted by Crippen LogP contribution is -2.39. The molecule has 1 N–H and O–H groups in total. The Bertz CT molecular complexity index is 577. The molecule has 0 aliphatic carbocycles. The zero-order chi connectivity index (χ0) is 15.7. The molecule has 0 unspecified atom stereocenters. The van der Waals surface area contributed by atoms with Crippen molar-refractivity contribution < 1.29 is 14.0 Å². The van der Waals surface area contributed by atoms with E-state index in [9.17, 15) is 14.0 Å². The average molecular weight is 305 g/mol. The van der Waals surface area contributed by atoms with E-state index in [0.29, 0.717) is 24.6 Å². The van der Waals surface area contributed by atoms with Gasteiger partial charge in [-0.05, 0) is 18.4 Å². The topological polar surface area (TPSA) is 52.6 Å². The molecule has 0 radical (unpaired) electrons. The van der Waals surface area contributed by atoms with Crippen molar-refractivity contribution in [1.82, 2.24) is 15.1 Å². The first kappa shape index (κ1) is 15.0. The molecule has 0 saturated carbocycles. The van der Waals surface area contributed by atoms with Gasteiger partial charge in [0, 0.05) is 31.2 Å². The maximum atomic E-state index is 14.1. The Morgan fingerprint density at radius 3 is 2.73 bits per heavy atom. The average Bonchev–Trinajstić information content (AvgIpc) is 3.01. The van der Waals surface area contributed by atoms with E-state index in [2.05, 4.69) is 17.1 Å². The number of amides is 3. The first-order valence-corrected chi connectivity index (χ1v) is 7.63. The van der Waals surface area contributed by atoms with Gasteiger partial charge in [0.15, 0.2) is 0 Å². The number of urea groups is 1. The van der Waals surface area contributed by atoms with Gasteiger partial charge in [-0.1, -0.05) is 25.1 Å². The van der Waals surface area contributed by atoms with Gasteiger partial charge in [0.2, 0.25) is 5.91 Å².